The summed E-state index contributed by atoms with van der Waals surface area (Å²) in [6.07, 6.45) is 2.42. The van der Waals surface area contributed by atoms with Crippen LogP contribution in [0.5, 0.6) is 0 Å². The van der Waals surface area contributed by atoms with E-state index in [9.17, 15) is 0 Å². The summed E-state index contributed by atoms with van der Waals surface area (Å²) in [5.41, 5.74) is 2.80. The van der Waals surface area contributed by atoms with Gasteiger partial charge in [0.25, 0.3) is 0 Å². The zero-order valence-corrected chi connectivity index (χ0v) is 12.5. The highest BCUT2D eigenvalue weighted by Crippen LogP contribution is 2.25. The Hall–Kier alpha value is -1.06. The summed E-state index contributed by atoms with van der Waals surface area (Å²) in [6, 6.07) is 9.26. The van der Waals surface area contributed by atoms with Gasteiger partial charge in [-0.15, -0.1) is 0 Å². The topological polar surface area (TPSA) is 18.5 Å². The standard InChI is InChI=1S/C16H27N3/c1-4-19(11-7-10-18(2)3)13-15-12-14-8-5-6-9-16(14)17-15/h5-6,8-9,15,17H,4,7,10-13H2,1-3H3. The van der Waals surface area contributed by atoms with Crippen LogP contribution in [0, 0.1) is 0 Å². The Kier molecular flexibility index (Phi) is 5.23. The largest absolute Gasteiger partial charge is 0.380 e. The van der Waals surface area contributed by atoms with Gasteiger partial charge in [-0.05, 0) is 58.2 Å². The predicted molar refractivity (Wildman–Crippen MR) is 82.8 cm³/mol. The fourth-order valence-corrected chi connectivity index (χ4v) is 2.79. The van der Waals surface area contributed by atoms with Crippen molar-refractivity contribution in [1.82, 2.24) is 9.80 Å². The summed E-state index contributed by atoms with van der Waals surface area (Å²) in [7, 11) is 4.29. The molecular formula is C16H27N3. The third kappa shape index (κ3) is 4.22. The highest BCUT2D eigenvalue weighted by Gasteiger charge is 2.21. The van der Waals surface area contributed by atoms with Crippen molar-refractivity contribution < 1.29 is 0 Å². The lowest BCUT2D eigenvalue weighted by molar-refractivity contribution is 0.257. The van der Waals surface area contributed by atoms with E-state index in [-0.39, 0.29) is 0 Å². The summed E-state index contributed by atoms with van der Waals surface area (Å²) in [6.45, 7) is 6.93. The van der Waals surface area contributed by atoms with Crippen LogP contribution in [-0.4, -0.2) is 56.1 Å². The molecule has 1 aliphatic heterocycles. The fraction of sp³-hybridized carbons (Fsp3) is 0.625. The minimum absolute atomic E-state index is 0.580. The van der Waals surface area contributed by atoms with Crippen molar-refractivity contribution in [2.75, 3.05) is 45.6 Å². The van der Waals surface area contributed by atoms with Crippen molar-refractivity contribution in [3.05, 3.63) is 29.8 Å². The zero-order chi connectivity index (χ0) is 13.7. The predicted octanol–water partition coefficient (Wildman–Crippen LogP) is 2.30. The minimum atomic E-state index is 0.580. The van der Waals surface area contributed by atoms with Gasteiger partial charge in [0, 0.05) is 18.3 Å². The molecule has 19 heavy (non-hydrogen) atoms. The highest BCUT2D eigenvalue weighted by atomic mass is 15.2. The molecule has 1 N–H and O–H groups in total. The van der Waals surface area contributed by atoms with Crippen LogP contribution in [-0.2, 0) is 6.42 Å². The fourth-order valence-electron chi connectivity index (χ4n) is 2.79. The summed E-state index contributed by atoms with van der Waals surface area (Å²) >= 11 is 0. The van der Waals surface area contributed by atoms with Crippen LogP contribution in [0.3, 0.4) is 0 Å². The van der Waals surface area contributed by atoms with Gasteiger partial charge in [-0.25, -0.2) is 0 Å². The zero-order valence-electron chi connectivity index (χ0n) is 12.5. The number of benzene rings is 1. The number of likely N-dealkylation sites (N-methyl/N-ethyl adjacent to an activating group) is 1. The van der Waals surface area contributed by atoms with E-state index < -0.39 is 0 Å². The van der Waals surface area contributed by atoms with E-state index in [1.54, 1.807) is 0 Å². The normalized spacial score (nSPS) is 17.8. The summed E-state index contributed by atoms with van der Waals surface area (Å²) in [4.78, 5) is 4.82. The average molecular weight is 261 g/mol. The molecule has 1 aliphatic rings. The Balaban J connectivity index is 1.78. The van der Waals surface area contributed by atoms with Crippen molar-refractivity contribution in [2.45, 2.75) is 25.8 Å². The second-order valence-corrected chi connectivity index (χ2v) is 5.75. The van der Waals surface area contributed by atoms with Crippen LogP contribution in [0.4, 0.5) is 5.69 Å². The van der Waals surface area contributed by atoms with Crippen LogP contribution in [0.25, 0.3) is 0 Å². The first-order valence-corrected chi connectivity index (χ1v) is 7.40. The van der Waals surface area contributed by atoms with E-state index in [1.165, 1.54) is 37.2 Å². The maximum absolute atomic E-state index is 3.65. The lowest BCUT2D eigenvalue weighted by atomic mass is 10.1. The van der Waals surface area contributed by atoms with E-state index in [0.29, 0.717) is 6.04 Å². The van der Waals surface area contributed by atoms with Gasteiger partial charge < -0.3 is 15.1 Å². The molecule has 0 saturated heterocycles. The number of hydrogen-bond acceptors (Lipinski definition) is 3. The molecule has 0 amide bonds. The van der Waals surface area contributed by atoms with Crippen LogP contribution < -0.4 is 5.32 Å². The number of fused-ring (bicyclic) bond motifs is 1. The van der Waals surface area contributed by atoms with E-state index in [0.717, 1.165) is 13.1 Å². The third-order valence-electron chi connectivity index (χ3n) is 3.85. The van der Waals surface area contributed by atoms with Crippen LogP contribution in [0.2, 0.25) is 0 Å². The molecule has 3 nitrogen and oxygen atoms in total. The molecule has 0 aromatic heterocycles. The second-order valence-electron chi connectivity index (χ2n) is 5.75. The van der Waals surface area contributed by atoms with E-state index in [4.69, 9.17) is 0 Å². The Morgan fingerprint density at radius 3 is 2.68 bits per heavy atom. The van der Waals surface area contributed by atoms with Gasteiger partial charge in [0.05, 0.1) is 0 Å². The minimum Gasteiger partial charge on any atom is -0.380 e. The molecule has 1 aromatic rings. The summed E-state index contributed by atoms with van der Waals surface area (Å²) < 4.78 is 0. The molecule has 0 radical (unpaired) electrons. The molecule has 3 heteroatoms. The molecule has 106 valence electrons. The lowest BCUT2D eigenvalue weighted by Crippen LogP contribution is -2.37. The van der Waals surface area contributed by atoms with Crippen molar-refractivity contribution in [1.29, 1.82) is 0 Å². The molecule has 1 unspecified atom stereocenters. The molecule has 0 saturated carbocycles. The van der Waals surface area contributed by atoms with Gasteiger partial charge in [0.2, 0.25) is 0 Å². The van der Waals surface area contributed by atoms with E-state index in [1.807, 2.05) is 0 Å². The Morgan fingerprint density at radius 1 is 1.21 bits per heavy atom. The molecule has 0 spiro atoms. The first-order chi connectivity index (χ1) is 9.19. The van der Waals surface area contributed by atoms with Crippen molar-refractivity contribution in [3.8, 4) is 0 Å². The molecule has 1 heterocycles. The lowest BCUT2D eigenvalue weighted by Gasteiger charge is -2.25. The second kappa shape index (κ2) is 6.92. The molecular weight excluding hydrogens is 234 g/mol. The smallest absolute Gasteiger partial charge is 0.0429 e. The molecule has 1 aromatic carbocycles. The Labute approximate surface area is 117 Å². The number of hydrogen-bond donors (Lipinski definition) is 1. The van der Waals surface area contributed by atoms with Crippen molar-refractivity contribution in [2.24, 2.45) is 0 Å². The van der Waals surface area contributed by atoms with Gasteiger partial charge in [0.15, 0.2) is 0 Å². The van der Waals surface area contributed by atoms with Gasteiger partial charge in [-0.1, -0.05) is 25.1 Å². The van der Waals surface area contributed by atoms with Gasteiger partial charge in [0.1, 0.15) is 0 Å². The molecule has 0 aliphatic carbocycles. The van der Waals surface area contributed by atoms with Crippen LogP contribution in [0.1, 0.15) is 18.9 Å². The molecule has 2 rings (SSSR count). The SMILES string of the molecule is CCN(CCCN(C)C)CC1Cc2ccccc2N1. The van der Waals surface area contributed by atoms with Crippen LogP contribution in [0.15, 0.2) is 24.3 Å². The Morgan fingerprint density at radius 2 is 2.00 bits per heavy atom. The average Bonchev–Trinajstić information content (AvgIpc) is 2.79. The van der Waals surface area contributed by atoms with E-state index >= 15 is 0 Å². The molecule has 1 atom stereocenters. The van der Waals surface area contributed by atoms with Gasteiger partial charge >= 0.3 is 0 Å². The summed E-state index contributed by atoms with van der Waals surface area (Å²) in [5.74, 6) is 0. The van der Waals surface area contributed by atoms with Gasteiger partial charge in [-0.2, -0.15) is 0 Å². The quantitative estimate of drug-likeness (QED) is 0.812. The maximum Gasteiger partial charge on any atom is 0.0429 e. The Bertz CT molecular complexity index is 364. The first-order valence-electron chi connectivity index (χ1n) is 7.40. The number of rotatable bonds is 7. The van der Waals surface area contributed by atoms with Crippen LogP contribution >= 0.6 is 0 Å². The number of anilines is 1. The van der Waals surface area contributed by atoms with E-state index in [2.05, 4.69) is 60.4 Å². The number of nitrogens with zero attached hydrogens (tertiary/aromatic N) is 2. The van der Waals surface area contributed by atoms with Crippen molar-refractivity contribution >= 4 is 5.69 Å². The number of para-hydroxylation sites is 1. The maximum atomic E-state index is 3.65. The molecule has 0 bridgehead atoms. The van der Waals surface area contributed by atoms with Crippen molar-refractivity contribution in [3.63, 3.8) is 0 Å². The first kappa shape index (κ1) is 14.4. The monoisotopic (exact) mass is 261 g/mol. The third-order valence-corrected chi connectivity index (χ3v) is 3.85. The highest BCUT2D eigenvalue weighted by molar-refractivity contribution is 5.56. The number of nitrogens with one attached hydrogen (secondary N) is 1. The molecule has 0 fully saturated rings. The van der Waals surface area contributed by atoms with Gasteiger partial charge in [-0.3, -0.25) is 0 Å². The summed E-state index contributed by atoms with van der Waals surface area (Å²) in [5, 5.41) is 3.65.